The maximum Gasteiger partial charge on any atom is 0.318 e. The van der Waals surface area contributed by atoms with E-state index in [1.165, 1.54) is 0 Å². The van der Waals surface area contributed by atoms with Gasteiger partial charge < -0.3 is 14.6 Å². The van der Waals surface area contributed by atoms with Crippen molar-refractivity contribution in [3.63, 3.8) is 0 Å². The summed E-state index contributed by atoms with van der Waals surface area (Å²) in [5.41, 5.74) is 2.60. The molecule has 1 aromatic carbocycles. The van der Waals surface area contributed by atoms with Gasteiger partial charge in [0, 0.05) is 22.7 Å². The fraction of sp³-hybridized carbons (Fsp3) is 0.350. The molecule has 0 atom stereocenters. The molecule has 3 heterocycles. The van der Waals surface area contributed by atoms with Crippen LogP contribution >= 0.6 is 0 Å². The second kappa shape index (κ2) is 7.03. The van der Waals surface area contributed by atoms with Gasteiger partial charge >= 0.3 is 6.03 Å². The smallest absolute Gasteiger partial charge is 0.318 e. The molecule has 3 aromatic rings. The van der Waals surface area contributed by atoms with E-state index in [-0.39, 0.29) is 18.0 Å². The van der Waals surface area contributed by atoms with Crippen molar-refractivity contribution >= 4 is 6.03 Å². The number of aromatic nitrogens is 4. The first-order valence-corrected chi connectivity index (χ1v) is 9.16. The lowest BCUT2D eigenvalue weighted by atomic mass is 9.95. The van der Waals surface area contributed by atoms with Gasteiger partial charge in [-0.3, -0.25) is 0 Å². The first kappa shape index (κ1) is 18.1. The molecule has 0 aliphatic carbocycles. The summed E-state index contributed by atoms with van der Waals surface area (Å²) >= 11 is 0. The predicted octanol–water partition coefficient (Wildman–Crippen LogP) is 3.05. The third kappa shape index (κ3) is 3.71. The second-order valence-corrected chi connectivity index (χ2v) is 7.80. The SMILES string of the molecule is CC(C)(C)c1ncc2c(n1)CN(C(=O)NCc1nnc(-c3ccccc3)o1)C2. The lowest BCUT2D eigenvalue weighted by Gasteiger charge is -2.16. The summed E-state index contributed by atoms with van der Waals surface area (Å²) < 4.78 is 5.62. The third-order valence-corrected chi connectivity index (χ3v) is 4.49. The lowest BCUT2D eigenvalue weighted by Crippen LogP contribution is -2.36. The molecule has 28 heavy (non-hydrogen) atoms. The summed E-state index contributed by atoms with van der Waals surface area (Å²) in [6, 6.07) is 9.31. The summed E-state index contributed by atoms with van der Waals surface area (Å²) in [5, 5.41) is 10.9. The Hall–Kier alpha value is -3.29. The number of amides is 2. The molecule has 1 N–H and O–H groups in total. The van der Waals surface area contributed by atoms with Crippen molar-refractivity contribution in [1.29, 1.82) is 0 Å². The fourth-order valence-corrected chi connectivity index (χ4v) is 2.94. The van der Waals surface area contributed by atoms with E-state index in [9.17, 15) is 4.79 Å². The van der Waals surface area contributed by atoms with Crippen LogP contribution in [0.5, 0.6) is 0 Å². The van der Waals surface area contributed by atoms with Gasteiger partial charge in [-0.25, -0.2) is 14.8 Å². The van der Waals surface area contributed by atoms with Gasteiger partial charge in [0.15, 0.2) is 0 Å². The van der Waals surface area contributed by atoms with Gasteiger partial charge in [-0.1, -0.05) is 39.0 Å². The molecule has 0 unspecified atom stereocenters. The minimum Gasteiger partial charge on any atom is -0.419 e. The zero-order valence-corrected chi connectivity index (χ0v) is 16.1. The molecular formula is C20H22N6O2. The van der Waals surface area contributed by atoms with Gasteiger partial charge in [-0.15, -0.1) is 10.2 Å². The highest BCUT2D eigenvalue weighted by Crippen LogP contribution is 2.24. The number of rotatable bonds is 3. The van der Waals surface area contributed by atoms with Crippen molar-refractivity contribution in [1.82, 2.24) is 30.4 Å². The zero-order chi connectivity index (χ0) is 19.7. The molecule has 1 aliphatic heterocycles. The number of hydrogen-bond donors (Lipinski definition) is 1. The van der Waals surface area contributed by atoms with Crippen molar-refractivity contribution in [3.05, 3.63) is 59.5 Å². The van der Waals surface area contributed by atoms with E-state index in [1.807, 2.05) is 36.5 Å². The summed E-state index contributed by atoms with van der Waals surface area (Å²) in [5.74, 6) is 1.58. The van der Waals surface area contributed by atoms with Gasteiger partial charge in [0.25, 0.3) is 0 Å². The first-order valence-electron chi connectivity index (χ1n) is 9.16. The van der Waals surface area contributed by atoms with E-state index >= 15 is 0 Å². The molecule has 0 bridgehead atoms. The van der Waals surface area contributed by atoms with E-state index in [0.29, 0.717) is 24.9 Å². The van der Waals surface area contributed by atoms with Crippen LogP contribution in [0, 0.1) is 0 Å². The van der Waals surface area contributed by atoms with E-state index in [0.717, 1.165) is 22.6 Å². The Kier molecular flexibility index (Phi) is 4.54. The van der Waals surface area contributed by atoms with Crippen molar-refractivity contribution in [3.8, 4) is 11.5 Å². The summed E-state index contributed by atoms with van der Waals surface area (Å²) in [6.45, 7) is 7.34. The average Bonchev–Trinajstić information content (AvgIpc) is 3.32. The molecule has 8 heteroatoms. The molecule has 0 spiro atoms. The first-order chi connectivity index (χ1) is 13.4. The van der Waals surface area contributed by atoms with E-state index in [4.69, 9.17) is 4.42 Å². The molecule has 8 nitrogen and oxygen atoms in total. The number of nitrogens with one attached hydrogen (secondary N) is 1. The Morgan fingerprint density at radius 1 is 1.18 bits per heavy atom. The molecule has 1 aliphatic rings. The molecule has 0 fully saturated rings. The normalized spacial score (nSPS) is 13.5. The molecule has 0 saturated carbocycles. The highest BCUT2D eigenvalue weighted by atomic mass is 16.4. The lowest BCUT2D eigenvalue weighted by molar-refractivity contribution is 0.196. The van der Waals surface area contributed by atoms with Crippen LogP contribution in [0.4, 0.5) is 4.79 Å². The Labute approximate surface area is 163 Å². The molecule has 0 saturated heterocycles. The van der Waals surface area contributed by atoms with Crippen molar-refractivity contribution in [2.75, 3.05) is 0 Å². The molecule has 144 valence electrons. The zero-order valence-electron chi connectivity index (χ0n) is 16.1. The van der Waals surface area contributed by atoms with Crippen molar-refractivity contribution in [2.24, 2.45) is 0 Å². The molecule has 4 rings (SSSR count). The van der Waals surface area contributed by atoms with Crippen LogP contribution in [0.1, 0.15) is 43.7 Å². The molecule has 0 radical (unpaired) electrons. The highest BCUT2D eigenvalue weighted by Gasteiger charge is 2.27. The van der Waals surface area contributed by atoms with Crippen LogP contribution in [0.2, 0.25) is 0 Å². The monoisotopic (exact) mass is 378 g/mol. The molecular weight excluding hydrogens is 356 g/mol. The standard InChI is InChI=1S/C20H22N6O2/c1-20(2,3)18-21-9-14-11-26(12-15(14)23-18)19(27)22-10-16-24-25-17(28-16)13-7-5-4-6-8-13/h4-9H,10-12H2,1-3H3,(H,22,27). The number of hydrogen-bond acceptors (Lipinski definition) is 6. The minimum absolute atomic E-state index is 0.126. The van der Waals surface area contributed by atoms with Crippen LogP contribution < -0.4 is 5.32 Å². The summed E-state index contributed by atoms with van der Waals surface area (Å²) in [7, 11) is 0. The number of benzene rings is 1. The fourth-order valence-electron chi connectivity index (χ4n) is 2.94. The van der Waals surface area contributed by atoms with Crippen LogP contribution in [-0.4, -0.2) is 31.1 Å². The number of nitrogens with zero attached hydrogens (tertiary/aromatic N) is 5. The topological polar surface area (TPSA) is 97.0 Å². The molecule has 2 amide bonds. The number of fused-ring (bicyclic) bond motifs is 1. The van der Waals surface area contributed by atoms with Crippen molar-refractivity contribution in [2.45, 2.75) is 45.8 Å². The van der Waals surface area contributed by atoms with Gasteiger partial charge in [0.1, 0.15) is 5.82 Å². The van der Waals surface area contributed by atoms with Crippen LogP contribution in [-0.2, 0) is 25.0 Å². The number of carbonyl (C=O) groups is 1. The Bertz CT molecular complexity index is 993. The summed E-state index contributed by atoms with van der Waals surface area (Å²) in [4.78, 5) is 23.3. The van der Waals surface area contributed by atoms with E-state index in [1.54, 1.807) is 4.90 Å². The van der Waals surface area contributed by atoms with Gasteiger partial charge in [-0.05, 0) is 12.1 Å². The van der Waals surface area contributed by atoms with Gasteiger partial charge in [0.05, 0.1) is 25.3 Å². The molecule has 2 aromatic heterocycles. The highest BCUT2D eigenvalue weighted by molar-refractivity contribution is 5.74. The Balaban J connectivity index is 1.37. The predicted molar refractivity (Wildman–Crippen MR) is 102 cm³/mol. The second-order valence-electron chi connectivity index (χ2n) is 7.80. The van der Waals surface area contributed by atoms with Crippen LogP contribution in [0.3, 0.4) is 0 Å². The third-order valence-electron chi connectivity index (χ3n) is 4.49. The minimum atomic E-state index is -0.199. The van der Waals surface area contributed by atoms with Crippen molar-refractivity contribution < 1.29 is 9.21 Å². The Morgan fingerprint density at radius 3 is 2.71 bits per heavy atom. The van der Waals surface area contributed by atoms with E-state index in [2.05, 4.69) is 46.3 Å². The average molecular weight is 378 g/mol. The number of urea groups is 1. The van der Waals surface area contributed by atoms with E-state index < -0.39 is 0 Å². The van der Waals surface area contributed by atoms with Gasteiger partial charge in [0.2, 0.25) is 11.8 Å². The summed E-state index contributed by atoms with van der Waals surface area (Å²) in [6.07, 6.45) is 1.82. The largest absolute Gasteiger partial charge is 0.419 e. The maximum absolute atomic E-state index is 12.5. The Morgan fingerprint density at radius 2 is 1.96 bits per heavy atom. The quantitative estimate of drug-likeness (QED) is 0.752. The van der Waals surface area contributed by atoms with Crippen LogP contribution in [0.25, 0.3) is 11.5 Å². The van der Waals surface area contributed by atoms with Crippen LogP contribution in [0.15, 0.2) is 40.9 Å². The number of carbonyl (C=O) groups excluding carboxylic acids is 1. The maximum atomic E-state index is 12.5. The van der Waals surface area contributed by atoms with Gasteiger partial charge in [-0.2, -0.15) is 0 Å².